The highest BCUT2D eigenvalue weighted by Crippen LogP contribution is 2.24. The number of amides is 2. The van der Waals surface area contributed by atoms with Crippen molar-refractivity contribution in [2.45, 2.75) is 26.2 Å². The second-order valence-electron chi connectivity index (χ2n) is 10.1. The van der Waals surface area contributed by atoms with Crippen LogP contribution in [0.4, 0.5) is 16.3 Å². The second-order valence-corrected chi connectivity index (χ2v) is 10.1. The molecule has 5 rings (SSSR count). The van der Waals surface area contributed by atoms with Crippen molar-refractivity contribution in [2.75, 3.05) is 50.1 Å². The number of rotatable bonds is 6. The molecule has 0 spiro atoms. The Morgan fingerprint density at radius 3 is 2.62 bits per heavy atom. The number of nitrogens with one attached hydrogen (secondary N) is 2. The number of hydrogen-bond donors (Lipinski definition) is 2. The van der Waals surface area contributed by atoms with Crippen molar-refractivity contribution in [3.05, 3.63) is 65.7 Å². The molecule has 0 radical (unpaired) electrons. The molecule has 2 amide bonds. The van der Waals surface area contributed by atoms with Gasteiger partial charge in [0.25, 0.3) is 0 Å². The normalized spacial score (nSPS) is 14.0. The zero-order chi connectivity index (χ0) is 27.2. The topological polar surface area (TPSA) is 119 Å². The van der Waals surface area contributed by atoms with E-state index in [0.29, 0.717) is 41.1 Å². The fourth-order valence-corrected chi connectivity index (χ4v) is 3.86. The van der Waals surface area contributed by atoms with Crippen LogP contribution in [-0.4, -0.2) is 70.1 Å². The summed E-state index contributed by atoms with van der Waals surface area (Å²) in [7, 11) is 0. The van der Waals surface area contributed by atoms with Crippen molar-refractivity contribution in [3.8, 4) is 17.7 Å². The van der Waals surface area contributed by atoms with Gasteiger partial charge in [0.15, 0.2) is 11.5 Å². The van der Waals surface area contributed by atoms with Gasteiger partial charge in [0.1, 0.15) is 18.1 Å². The number of aromatic nitrogens is 4. The SMILES string of the molecule is CC(C)(C)c1cc(NC(=O)Nc2ccc(C#Cc3cnc4ccc(OCCN5CCOCC5)nn34)cc2)no1. The molecule has 4 aromatic rings. The Balaban J connectivity index is 1.17. The van der Waals surface area contributed by atoms with Crippen LogP contribution in [0.3, 0.4) is 0 Å². The summed E-state index contributed by atoms with van der Waals surface area (Å²) in [4.78, 5) is 19.0. The fourth-order valence-electron chi connectivity index (χ4n) is 3.86. The van der Waals surface area contributed by atoms with Crippen LogP contribution in [0.1, 0.15) is 37.8 Å². The highest BCUT2D eigenvalue weighted by Gasteiger charge is 2.20. The van der Waals surface area contributed by atoms with E-state index in [4.69, 9.17) is 14.0 Å². The highest BCUT2D eigenvalue weighted by molar-refractivity contribution is 5.99. The van der Waals surface area contributed by atoms with E-state index in [-0.39, 0.29) is 5.41 Å². The molecule has 1 saturated heterocycles. The number of fused-ring (bicyclic) bond motifs is 1. The van der Waals surface area contributed by atoms with Gasteiger partial charge >= 0.3 is 6.03 Å². The van der Waals surface area contributed by atoms with Crippen LogP contribution in [0, 0.1) is 11.8 Å². The lowest BCUT2D eigenvalue weighted by Crippen LogP contribution is -2.38. The number of imidazole rings is 1. The predicted octanol–water partition coefficient (Wildman–Crippen LogP) is 3.77. The molecule has 1 aliphatic heterocycles. The summed E-state index contributed by atoms with van der Waals surface area (Å²) in [5.74, 6) is 7.80. The standard InChI is InChI=1S/C28H31N7O4/c1-28(2,3)23-18-24(33-39-23)31-27(36)30-21-7-4-20(5-8-21)6-9-22-19-29-25-10-11-26(32-35(22)25)38-17-14-34-12-15-37-16-13-34/h4-5,7-8,10-11,18-19H,12-17H2,1-3H3,(H2,30,31,33,36). The van der Waals surface area contributed by atoms with E-state index >= 15 is 0 Å². The first kappa shape index (κ1) is 26.2. The Hall–Kier alpha value is -4.40. The summed E-state index contributed by atoms with van der Waals surface area (Å²) in [6.45, 7) is 10.8. The van der Waals surface area contributed by atoms with Crippen LogP contribution in [0.5, 0.6) is 5.88 Å². The van der Waals surface area contributed by atoms with E-state index in [1.54, 1.807) is 28.9 Å². The van der Waals surface area contributed by atoms with E-state index in [1.165, 1.54) is 0 Å². The number of nitrogens with zero attached hydrogens (tertiary/aromatic N) is 5. The first-order valence-electron chi connectivity index (χ1n) is 12.8. The Morgan fingerprint density at radius 2 is 1.87 bits per heavy atom. The minimum absolute atomic E-state index is 0.196. The largest absolute Gasteiger partial charge is 0.475 e. The van der Waals surface area contributed by atoms with Crippen molar-refractivity contribution < 1.29 is 18.8 Å². The maximum Gasteiger partial charge on any atom is 0.324 e. The molecule has 1 fully saturated rings. The molecule has 11 nitrogen and oxygen atoms in total. The maximum atomic E-state index is 12.3. The van der Waals surface area contributed by atoms with Gasteiger partial charge in [-0.2, -0.15) is 0 Å². The van der Waals surface area contributed by atoms with Gasteiger partial charge in [0, 0.05) is 48.4 Å². The molecule has 2 N–H and O–H groups in total. The van der Waals surface area contributed by atoms with Gasteiger partial charge < -0.3 is 19.3 Å². The molecule has 11 heteroatoms. The summed E-state index contributed by atoms with van der Waals surface area (Å²) in [6.07, 6.45) is 1.68. The Labute approximate surface area is 226 Å². The second kappa shape index (κ2) is 11.6. The Kier molecular flexibility index (Phi) is 7.76. The average molecular weight is 530 g/mol. The lowest BCUT2D eigenvalue weighted by molar-refractivity contribution is 0.0319. The summed E-state index contributed by atoms with van der Waals surface area (Å²) in [6, 6.07) is 12.2. The molecule has 202 valence electrons. The first-order valence-corrected chi connectivity index (χ1v) is 12.8. The predicted molar refractivity (Wildman–Crippen MR) is 146 cm³/mol. The molecule has 0 unspecified atom stereocenters. The van der Waals surface area contributed by atoms with E-state index in [9.17, 15) is 4.79 Å². The molecule has 1 aliphatic rings. The lowest BCUT2D eigenvalue weighted by Gasteiger charge is -2.26. The van der Waals surface area contributed by atoms with E-state index in [1.807, 2.05) is 45.0 Å². The van der Waals surface area contributed by atoms with E-state index in [2.05, 4.69) is 42.6 Å². The number of hydrogen-bond acceptors (Lipinski definition) is 8. The third-order valence-corrected chi connectivity index (χ3v) is 6.07. The van der Waals surface area contributed by atoms with Crippen LogP contribution < -0.4 is 15.4 Å². The summed E-state index contributed by atoms with van der Waals surface area (Å²) in [5.41, 5.74) is 2.53. The third-order valence-electron chi connectivity index (χ3n) is 6.07. The molecule has 1 aromatic carbocycles. The van der Waals surface area contributed by atoms with E-state index < -0.39 is 6.03 Å². The maximum absolute atomic E-state index is 12.3. The van der Waals surface area contributed by atoms with E-state index in [0.717, 1.165) is 38.4 Å². The zero-order valence-corrected chi connectivity index (χ0v) is 22.2. The molecular weight excluding hydrogens is 498 g/mol. The Bertz CT molecular complexity index is 1490. The number of anilines is 2. The van der Waals surface area contributed by atoms with Gasteiger partial charge in [0.2, 0.25) is 5.88 Å². The van der Waals surface area contributed by atoms with Gasteiger partial charge in [-0.3, -0.25) is 10.2 Å². The molecular formula is C28H31N7O4. The quantitative estimate of drug-likeness (QED) is 0.363. The van der Waals surface area contributed by atoms with Crippen molar-refractivity contribution in [3.63, 3.8) is 0 Å². The van der Waals surface area contributed by atoms with Crippen LogP contribution in [0.25, 0.3) is 5.65 Å². The third kappa shape index (κ3) is 6.93. The van der Waals surface area contributed by atoms with Crippen LogP contribution >= 0.6 is 0 Å². The van der Waals surface area contributed by atoms with Gasteiger partial charge in [-0.15, -0.1) is 5.10 Å². The van der Waals surface area contributed by atoms with Gasteiger partial charge in [0.05, 0.1) is 19.4 Å². The number of urea groups is 1. The van der Waals surface area contributed by atoms with Crippen LogP contribution in [0.2, 0.25) is 0 Å². The minimum Gasteiger partial charge on any atom is -0.475 e. The monoisotopic (exact) mass is 529 g/mol. The summed E-state index contributed by atoms with van der Waals surface area (Å²) in [5, 5.41) is 13.9. The number of carbonyl (C=O) groups is 1. The van der Waals surface area contributed by atoms with Crippen molar-refractivity contribution in [2.24, 2.45) is 0 Å². The van der Waals surface area contributed by atoms with Crippen LogP contribution in [0.15, 0.2) is 53.2 Å². The minimum atomic E-state index is -0.414. The average Bonchev–Trinajstić information content (AvgIpc) is 3.56. The van der Waals surface area contributed by atoms with Gasteiger partial charge in [-0.05, 0) is 36.3 Å². The molecule has 0 atom stereocenters. The molecule has 39 heavy (non-hydrogen) atoms. The van der Waals surface area contributed by atoms with Crippen LogP contribution in [-0.2, 0) is 10.2 Å². The van der Waals surface area contributed by atoms with Crippen molar-refractivity contribution in [1.82, 2.24) is 24.7 Å². The van der Waals surface area contributed by atoms with Gasteiger partial charge in [-0.25, -0.2) is 14.3 Å². The Morgan fingerprint density at radius 1 is 1.08 bits per heavy atom. The molecule has 0 bridgehead atoms. The first-order chi connectivity index (χ1) is 18.8. The summed E-state index contributed by atoms with van der Waals surface area (Å²) < 4.78 is 18.2. The van der Waals surface area contributed by atoms with Crippen molar-refractivity contribution >= 4 is 23.2 Å². The lowest BCUT2D eigenvalue weighted by atomic mass is 9.93. The number of carbonyl (C=O) groups excluding carboxylic acids is 1. The molecule has 3 aromatic heterocycles. The highest BCUT2D eigenvalue weighted by atomic mass is 16.5. The number of benzene rings is 1. The molecule has 0 saturated carbocycles. The zero-order valence-electron chi connectivity index (χ0n) is 22.2. The smallest absolute Gasteiger partial charge is 0.324 e. The molecule has 4 heterocycles. The fraction of sp³-hybridized carbons (Fsp3) is 0.357. The van der Waals surface area contributed by atoms with Gasteiger partial charge in [-0.1, -0.05) is 31.8 Å². The summed E-state index contributed by atoms with van der Waals surface area (Å²) >= 11 is 0. The number of ether oxygens (including phenoxy) is 2. The number of morpholine rings is 1. The van der Waals surface area contributed by atoms with Crippen molar-refractivity contribution in [1.29, 1.82) is 0 Å². The molecule has 0 aliphatic carbocycles.